The van der Waals surface area contributed by atoms with Crippen LogP contribution in [-0.4, -0.2) is 19.3 Å². The van der Waals surface area contributed by atoms with Gasteiger partial charge in [-0.2, -0.15) is 0 Å². The van der Waals surface area contributed by atoms with Crippen molar-refractivity contribution >= 4 is 0 Å². The molecule has 0 saturated heterocycles. The van der Waals surface area contributed by atoms with Crippen molar-refractivity contribution < 1.29 is 4.74 Å². The van der Waals surface area contributed by atoms with E-state index in [9.17, 15) is 0 Å². The van der Waals surface area contributed by atoms with Gasteiger partial charge in [-0.1, -0.05) is 44.5 Å². The van der Waals surface area contributed by atoms with Crippen LogP contribution in [-0.2, 0) is 4.74 Å². The molecule has 1 aliphatic carbocycles. The first kappa shape index (κ1) is 16.5. The first-order valence-corrected chi connectivity index (χ1v) is 8.75. The molecule has 2 rings (SSSR count). The molecule has 1 aliphatic rings. The Hall–Kier alpha value is -0.860. The van der Waals surface area contributed by atoms with Crippen LogP contribution in [0, 0.1) is 0 Å². The Bertz CT molecular complexity index is 414. The normalized spacial score (nSPS) is 18.2. The molecular weight excluding hydrogens is 258 g/mol. The van der Waals surface area contributed by atoms with Crippen molar-refractivity contribution in [2.45, 2.75) is 70.9 Å². The fraction of sp³-hybridized carbons (Fsp3) is 0.684. The van der Waals surface area contributed by atoms with Crippen LogP contribution in [0.5, 0.6) is 0 Å². The van der Waals surface area contributed by atoms with Gasteiger partial charge in [0.2, 0.25) is 0 Å². The summed E-state index contributed by atoms with van der Waals surface area (Å²) in [6.45, 7) is 8.38. The topological polar surface area (TPSA) is 21.3 Å². The van der Waals surface area contributed by atoms with Gasteiger partial charge in [0.15, 0.2) is 0 Å². The molecule has 2 unspecified atom stereocenters. The van der Waals surface area contributed by atoms with Gasteiger partial charge >= 0.3 is 0 Å². The van der Waals surface area contributed by atoms with Crippen molar-refractivity contribution in [1.82, 2.24) is 5.32 Å². The Morgan fingerprint density at radius 1 is 1.19 bits per heavy atom. The van der Waals surface area contributed by atoms with Crippen molar-refractivity contribution in [1.29, 1.82) is 0 Å². The zero-order chi connectivity index (χ0) is 15.1. The van der Waals surface area contributed by atoms with E-state index in [-0.39, 0.29) is 6.10 Å². The minimum Gasteiger partial charge on any atom is -0.377 e. The molecule has 0 spiro atoms. The Balaban J connectivity index is 2.26. The van der Waals surface area contributed by atoms with E-state index >= 15 is 0 Å². The van der Waals surface area contributed by atoms with Crippen LogP contribution < -0.4 is 5.32 Å². The molecule has 0 radical (unpaired) electrons. The Morgan fingerprint density at radius 2 is 1.95 bits per heavy atom. The lowest BCUT2D eigenvalue weighted by Crippen LogP contribution is -2.35. The Morgan fingerprint density at radius 3 is 2.52 bits per heavy atom. The van der Waals surface area contributed by atoms with Crippen molar-refractivity contribution in [2.24, 2.45) is 0 Å². The minimum absolute atomic E-state index is 0.266. The third-order valence-corrected chi connectivity index (χ3v) is 4.65. The summed E-state index contributed by atoms with van der Waals surface area (Å²) in [6.07, 6.45) is 6.56. The fourth-order valence-electron chi connectivity index (χ4n) is 3.29. The van der Waals surface area contributed by atoms with Gasteiger partial charge in [-0.05, 0) is 56.2 Å². The summed E-state index contributed by atoms with van der Waals surface area (Å²) in [7, 11) is 0. The van der Waals surface area contributed by atoms with E-state index in [0.29, 0.717) is 6.04 Å². The van der Waals surface area contributed by atoms with E-state index < -0.39 is 0 Å². The Labute approximate surface area is 130 Å². The molecule has 2 atom stereocenters. The lowest BCUT2D eigenvalue weighted by atomic mass is 9.76. The van der Waals surface area contributed by atoms with Gasteiger partial charge in [0.05, 0.1) is 12.1 Å². The summed E-state index contributed by atoms with van der Waals surface area (Å²) in [5.74, 6) is 0.770. The van der Waals surface area contributed by atoms with Gasteiger partial charge in [-0.15, -0.1) is 0 Å². The second kappa shape index (κ2) is 8.55. The summed E-state index contributed by atoms with van der Waals surface area (Å²) in [5.41, 5.74) is 3.02. The van der Waals surface area contributed by atoms with E-state index in [1.54, 1.807) is 5.56 Å². The van der Waals surface area contributed by atoms with E-state index in [4.69, 9.17) is 4.74 Å². The highest BCUT2D eigenvalue weighted by atomic mass is 16.5. The van der Waals surface area contributed by atoms with Crippen molar-refractivity contribution in [3.8, 4) is 0 Å². The predicted octanol–water partition coefficient (Wildman–Crippen LogP) is 4.81. The summed E-state index contributed by atoms with van der Waals surface area (Å²) in [5, 5.41) is 3.74. The molecule has 0 amide bonds. The zero-order valence-corrected chi connectivity index (χ0v) is 13.9. The molecule has 0 bridgehead atoms. The number of rotatable bonds is 9. The number of hydrogen-bond donors (Lipinski definition) is 1. The van der Waals surface area contributed by atoms with Gasteiger partial charge in [0.1, 0.15) is 0 Å². The molecule has 1 N–H and O–H groups in total. The first-order valence-electron chi connectivity index (χ1n) is 8.75. The van der Waals surface area contributed by atoms with Gasteiger partial charge in [0, 0.05) is 6.61 Å². The number of ether oxygens (including phenoxy) is 1. The molecule has 1 saturated carbocycles. The molecule has 0 aliphatic heterocycles. The van der Waals surface area contributed by atoms with Crippen molar-refractivity contribution in [3.05, 3.63) is 35.4 Å². The quantitative estimate of drug-likeness (QED) is 0.704. The van der Waals surface area contributed by atoms with Gasteiger partial charge in [-0.3, -0.25) is 0 Å². The monoisotopic (exact) mass is 289 g/mol. The average molecular weight is 289 g/mol. The van der Waals surface area contributed by atoms with Crippen LogP contribution in [0.2, 0.25) is 0 Å². The highest BCUT2D eigenvalue weighted by Gasteiger charge is 2.28. The highest BCUT2D eigenvalue weighted by Crippen LogP contribution is 2.40. The standard InChI is InChI=1S/C19H31NO/c1-4-14-20-19(18(5-2)21-6-3)17-13-8-7-12-16(17)15-10-9-11-15/h7-8,12-13,15,18-20H,4-6,9-11,14H2,1-3H3. The van der Waals surface area contributed by atoms with Crippen LogP contribution in [0.3, 0.4) is 0 Å². The SMILES string of the molecule is CCCNC(c1ccccc1C1CCC1)C(CC)OCC. The molecule has 0 aromatic heterocycles. The van der Waals surface area contributed by atoms with Crippen LogP contribution in [0.4, 0.5) is 0 Å². The largest absolute Gasteiger partial charge is 0.377 e. The smallest absolute Gasteiger partial charge is 0.0767 e. The van der Waals surface area contributed by atoms with E-state index in [1.165, 1.54) is 24.8 Å². The lowest BCUT2D eigenvalue weighted by molar-refractivity contribution is 0.0310. The van der Waals surface area contributed by atoms with E-state index in [2.05, 4.69) is 50.4 Å². The average Bonchev–Trinajstić information content (AvgIpc) is 2.46. The second-order valence-corrected chi connectivity index (χ2v) is 6.09. The first-order chi connectivity index (χ1) is 10.3. The molecule has 1 aromatic carbocycles. The number of benzene rings is 1. The molecular formula is C19H31NO. The molecule has 118 valence electrons. The van der Waals surface area contributed by atoms with Gasteiger partial charge in [-0.25, -0.2) is 0 Å². The number of nitrogens with one attached hydrogen (secondary N) is 1. The lowest BCUT2D eigenvalue weighted by Gasteiger charge is -2.34. The fourth-order valence-corrected chi connectivity index (χ4v) is 3.29. The molecule has 0 heterocycles. The third-order valence-electron chi connectivity index (χ3n) is 4.65. The summed E-state index contributed by atoms with van der Waals surface area (Å²) < 4.78 is 6.03. The molecule has 2 nitrogen and oxygen atoms in total. The van der Waals surface area contributed by atoms with Gasteiger partial charge in [0.25, 0.3) is 0 Å². The maximum Gasteiger partial charge on any atom is 0.0767 e. The highest BCUT2D eigenvalue weighted by molar-refractivity contribution is 5.35. The third kappa shape index (κ3) is 4.08. The molecule has 1 fully saturated rings. The van der Waals surface area contributed by atoms with Crippen LogP contribution in [0.15, 0.2) is 24.3 Å². The summed E-state index contributed by atoms with van der Waals surface area (Å²) in [6, 6.07) is 9.33. The summed E-state index contributed by atoms with van der Waals surface area (Å²) in [4.78, 5) is 0. The van der Waals surface area contributed by atoms with Gasteiger partial charge < -0.3 is 10.1 Å². The predicted molar refractivity (Wildman–Crippen MR) is 89.8 cm³/mol. The minimum atomic E-state index is 0.266. The second-order valence-electron chi connectivity index (χ2n) is 6.09. The van der Waals surface area contributed by atoms with Crippen molar-refractivity contribution in [2.75, 3.05) is 13.2 Å². The number of hydrogen-bond acceptors (Lipinski definition) is 2. The van der Waals surface area contributed by atoms with E-state index in [0.717, 1.165) is 31.9 Å². The summed E-state index contributed by atoms with van der Waals surface area (Å²) >= 11 is 0. The molecule has 1 aromatic rings. The maximum atomic E-state index is 6.03. The van der Waals surface area contributed by atoms with E-state index in [1.807, 2.05) is 0 Å². The van der Waals surface area contributed by atoms with Crippen LogP contribution in [0.1, 0.15) is 76.0 Å². The molecule has 2 heteroatoms. The van der Waals surface area contributed by atoms with Crippen LogP contribution >= 0.6 is 0 Å². The van der Waals surface area contributed by atoms with Crippen molar-refractivity contribution in [3.63, 3.8) is 0 Å². The zero-order valence-electron chi connectivity index (χ0n) is 13.9. The molecule has 21 heavy (non-hydrogen) atoms. The van der Waals surface area contributed by atoms with Crippen LogP contribution in [0.25, 0.3) is 0 Å². The maximum absolute atomic E-state index is 6.03. The Kier molecular flexibility index (Phi) is 6.72.